The first-order valence-electron chi connectivity index (χ1n) is 5.91. The molecule has 1 aromatic rings. The fourth-order valence-corrected chi connectivity index (χ4v) is 2.78. The van der Waals surface area contributed by atoms with Crippen molar-refractivity contribution in [2.24, 2.45) is 5.92 Å². The second kappa shape index (κ2) is 7.76. The highest BCUT2D eigenvalue weighted by molar-refractivity contribution is 8.01. The van der Waals surface area contributed by atoms with Crippen LogP contribution in [0.2, 0.25) is 10.0 Å². The van der Waals surface area contributed by atoms with Crippen LogP contribution < -0.4 is 5.32 Å². The Balaban J connectivity index is 2.60. The number of aliphatic carboxylic acids is 1. The summed E-state index contributed by atoms with van der Waals surface area (Å²) < 4.78 is 0. The summed E-state index contributed by atoms with van der Waals surface area (Å²) in [6.07, 6.45) is 0. The van der Waals surface area contributed by atoms with Crippen molar-refractivity contribution in [1.29, 1.82) is 0 Å². The molecule has 1 amide bonds. The molecular formula is C13H15Cl2NO3S. The number of anilines is 1. The second-order valence-corrected chi connectivity index (χ2v) is 6.38. The summed E-state index contributed by atoms with van der Waals surface area (Å²) >= 11 is 12.9. The normalized spacial score (nSPS) is 12.2. The molecule has 110 valence electrons. The van der Waals surface area contributed by atoms with Gasteiger partial charge in [0.25, 0.3) is 0 Å². The van der Waals surface area contributed by atoms with E-state index in [9.17, 15) is 9.59 Å². The third-order valence-electron chi connectivity index (χ3n) is 2.47. The molecule has 2 N–H and O–H groups in total. The first kappa shape index (κ1) is 17.1. The standard InChI is InChI=1S/C13H15Cl2NO3S/c1-7(2)12(13(18)19)20-6-10(17)16-9-5-3-4-8(14)11(9)15/h3-5,7,12H,6H2,1-2H3,(H,16,17)(H,18,19). The zero-order valence-corrected chi connectivity index (χ0v) is 13.4. The lowest BCUT2D eigenvalue weighted by molar-refractivity contribution is -0.137. The van der Waals surface area contributed by atoms with Crippen molar-refractivity contribution >= 4 is 52.5 Å². The number of carbonyl (C=O) groups excluding carboxylic acids is 1. The van der Waals surface area contributed by atoms with Crippen LogP contribution in [-0.4, -0.2) is 28.0 Å². The summed E-state index contributed by atoms with van der Waals surface area (Å²) in [5.74, 6) is -1.25. The van der Waals surface area contributed by atoms with Crippen molar-refractivity contribution in [2.75, 3.05) is 11.1 Å². The highest BCUT2D eigenvalue weighted by Gasteiger charge is 2.23. The van der Waals surface area contributed by atoms with Gasteiger partial charge < -0.3 is 10.4 Å². The molecule has 0 spiro atoms. The Labute approximate surface area is 131 Å². The summed E-state index contributed by atoms with van der Waals surface area (Å²) in [5, 5.41) is 11.7. The van der Waals surface area contributed by atoms with Crippen LogP contribution in [0.5, 0.6) is 0 Å². The molecule has 20 heavy (non-hydrogen) atoms. The Bertz CT molecular complexity index is 508. The number of halogens is 2. The van der Waals surface area contributed by atoms with Gasteiger partial charge in [0.2, 0.25) is 5.91 Å². The molecule has 0 saturated heterocycles. The van der Waals surface area contributed by atoms with Gasteiger partial charge in [-0.2, -0.15) is 0 Å². The maximum Gasteiger partial charge on any atom is 0.316 e. The molecule has 0 aromatic heterocycles. The largest absolute Gasteiger partial charge is 0.480 e. The molecule has 0 fully saturated rings. The van der Waals surface area contributed by atoms with E-state index in [4.69, 9.17) is 28.3 Å². The quantitative estimate of drug-likeness (QED) is 0.830. The Morgan fingerprint density at radius 3 is 2.55 bits per heavy atom. The molecule has 1 aromatic carbocycles. The van der Waals surface area contributed by atoms with Gasteiger partial charge >= 0.3 is 5.97 Å². The Morgan fingerprint density at radius 2 is 2.00 bits per heavy atom. The number of rotatable bonds is 6. The predicted octanol–water partition coefficient (Wildman–Crippen LogP) is 3.77. The molecule has 0 aliphatic heterocycles. The number of hydrogen-bond acceptors (Lipinski definition) is 3. The smallest absolute Gasteiger partial charge is 0.316 e. The first-order chi connectivity index (χ1) is 9.32. The molecule has 1 unspecified atom stereocenters. The summed E-state index contributed by atoms with van der Waals surface area (Å²) in [4.78, 5) is 22.8. The number of nitrogens with one attached hydrogen (secondary N) is 1. The van der Waals surface area contributed by atoms with Crippen LogP contribution in [0.1, 0.15) is 13.8 Å². The summed E-state index contributed by atoms with van der Waals surface area (Å²) in [5.41, 5.74) is 0.418. The molecular weight excluding hydrogens is 321 g/mol. The molecule has 0 radical (unpaired) electrons. The molecule has 4 nitrogen and oxygen atoms in total. The van der Waals surface area contributed by atoms with Crippen molar-refractivity contribution < 1.29 is 14.7 Å². The van der Waals surface area contributed by atoms with E-state index < -0.39 is 11.2 Å². The van der Waals surface area contributed by atoms with E-state index >= 15 is 0 Å². The number of amides is 1. The van der Waals surface area contributed by atoms with Gasteiger partial charge in [0.1, 0.15) is 5.25 Å². The van der Waals surface area contributed by atoms with Crippen LogP contribution in [0.3, 0.4) is 0 Å². The van der Waals surface area contributed by atoms with Crippen LogP contribution in [0.4, 0.5) is 5.69 Å². The lowest BCUT2D eigenvalue weighted by atomic mass is 10.1. The van der Waals surface area contributed by atoms with Crippen LogP contribution in [0, 0.1) is 5.92 Å². The number of hydrogen-bond donors (Lipinski definition) is 2. The van der Waals surface area contributed by atoms with Crippen LogP contribution >= 0.6 is 35.0 Å². The Kier molecular flexibility index (Phi) is 6.65. The highest BCUT2D eigenvalue weighted by Crippen LogP contribution is 2.29. The van der Waals surface area contributed by atoms with Gasteiger partial charge in [-0.15, -0.1) is 11.8 Å². The number of thioether (sulfide) groups is 1. The first-order valence-corrected chi connectivity index (χ1v) is 7.71. The van der Waals surface area contributed by atoms with Gasteiger partial charge in [-0.3, -0.25) is 9.59 Å². The van der Waals surface area contributed by atoms with E-state index in [2.05, 4.69) is 5.32 Å². The van der Waals surface area contributed by atoms with Crippen LogP contribution in [0.25, 0.3) is 0 Å². The van der Waals surface area contributed by atoms with Gasteiger partial charge in [0.05, 0.1) is 21.5 Å². The SMILES string of the molecule is CC(C)C(SCC(=O)Nc1cccc(Cl)c1Cl)C(=O)O. The van der Waals surface area contributed by atoms with E-state index in [1.807, 2.05) is 0 Å². The topological polar surface area (TPSA) is 66.4 Å². The maximum absolute atomic E-state index is 11.8. The Hall–Kier alpha value is -0.910. The number of carbonyl (C=O) groups is 2. The lowest BCUT2D eigenvalue weighted by Gasteiger charge is -2.15. The summed E-state index contributed by atoms with van der Waals surface area (Å²) in [6.45, 7) is 3.61. The molecule has 1 rings (SSSR count). The minimum absolute atomic E-state index is 0.0397. The summed E-state index contributed by atoms with van der Waals surface area (Å²) in [6, 6.07) is 4.92. The number of carboxylic acid groups (broad SMARTS) is 1. The molecule has 7 heteroatoms. The van der Waals surface area contributed by atoms with Crippen molar-refractivity contribution in [3.63, 3.8) is 0 Å². The van der Waals surface area contributed by atoms with Gasteiger partial charge in [-0.1, -0.05) is 43.1 Å². The molecule has 1 atom stereocenters. The minimum atomic E-state index is -0.918. The fraction of sp³-hybridized carbons (Fsp3) is 0.385. The van der Waals surface area contributed by atoms with E-state index in [1.54, 1.807) is 32.0 Å². The third-order valence-corrected chi connectivity index (χ3v) is 4.82. The van der Waals surface area contributed by atoms with E-state index in [1.165, 1.54) is 0 Å². The lowest BCUT2D eigenvalue weighted by Crippen LogP contribution is -2.25. The second-order valence-electron chi connectivity index (χ2n) is 4.46. The van der Waals surface area contributed by atoms with Crippen molar-refractivity contribution in [3.05, 3.63) is 28.2 Å². The van der Waals surface area contributed by atoms with E-state index in [-0.39, 0.29) is 22.6 Å². The molecule has 0 heterocycles. The third kappa shape index (κ3) is 4.89. The number of benzene rings is 1. The zero-order valence-electron chi connectivity index (χ0n) is 11.0. The van der Waals surface area contributed by atoms with E-state index in [0.717, 1.165) is 11.8 Å². The van der Waals surface area contributed by atoms with Crippen molar-refractivity contribution in [3.8, 4) is 0 Å². The fourth-order valence-electron chi connectivity index (χ4n) is 1.50. The van der Waals surface area contributed by atoms with Crippen LogP contribution in [0.15, 0.2) is 18.2 Å². The van der Waals surface area contributed by atoms with Gasteiger partial charge in [0, 0.05) is 0 Å². The molecule has 0 bridgehead atoms. The Morgan fingerprint density at radius 1 is 1.35 bits per heavy atom. The average Bonchev–Trinajstić information content (AvgIpc) is 2.34. The highest BCUT2D eigenvalue weighted by atomic mass is 35.5. The van der Waals surface area contributed by atoms with E-state index in [0.29, 0.717) is 10.7 Å². The van der Waals surface area contributed by atoms with Gasteiger partial charge in [-0.05, 0) is 18.1 Å². The predicted molar refractivity (Wildman–Crippen MR) is 83.8 cm³/mol. The number of carboxylic acids is 1. The summed E-state index contributed by atoms with van der Waals surface area (Å²) in [7, 11) is 0. The average molecular weight is 336 g/mol. The van der Waals surface area contributed by atoms with Gasteiger partial charge in [-0.25, -0.2) is 0 Å². The molecule has 0 aliphatic rings. The van der Waals surface area contributed by atoms with Crippen molar-refractivity contribution in [1.82, 2.24) is 0 Å². The minimum Gasteiger partial charge on any atom is -0.480 e. The van der Waals surface area contributed by atoms with Gasteiger partial charge in [0.15, 0.2) is 0 Å². The molecule has 0 aliphatic carbocycles. The van der Waals surface area contributed by atoms with Crippen molar-refractivity contribution in [2.45, 2.75) is 19.1 Å². The molecule has 0 saturated carbocycles. The maximum atomic E-state index is 11.8. The zero-order chi connectivity index (χ0) is 15.3. The monoisotopic (exact) mass is 335 g/mol. The van der Waals surface area contributed by atoms with Crippen LogP contribution in [-0.2, 0) is 9.59 Å².